The highest BCUT2D eigenvalue weighted by atomic mass is 32.2. The van der Waals surface area contributed by atoms with Gasteiger partial charge in [0.2, 0.25) is 16.0 Å². The van der Waals surface area contributed by atoms with E-state index in [-0.39, 0.29) is 56.5 Å². The number of benzene rings is 1. The Balaban J connectivity index is 2.11. The largest absolute Gasteiger partial charge is 0.465 e. The average Bonchev–Trinajstić information content (AvgIpc) is 2.96. The molecule has 0 saturated heterocycles. The second-order valence-electron chi connectivity index (χ2n) is 10.8. The number of halogens is 1. The number of ether oxygens (including phenoxy) is 1. The summed E-state index contributed by atoms with van der Waals surface area (Å²) in [7, 11) is -2.41. The zero-order chi connectivity index (χ0) is 35.3. The molecule has 47 heavy (non-hydrogen) atoms. The van der Waals surface area contributed by atoms with E-state index in [9.17, 15) is 27.8 Å². The fourth-order valence-electron chi connectivity index (χ4n) is 4.24. The number of carbonyl (C=O) groups excluding carboxylic acids is 1. The van der Waals surface area contributed by atoms with Crippen molar-refractivity contribution >= 4 is 28.0 Å². The molecule has 3 unspecified atom stereocenters. The molecule has 1 aromatic heterocycles. The van der Waals surface area contributed by atoms with Crippen LogP contribution in [0, 0.1) is 5.82 Å². The van der Waals surface area contributed by atoms with Gasteiger partial charge >= 0.3 is 5.97 Å². The number of esters is 1. The van der Waals surface area contributed by atoms with E-state index in [0.29, 0.717) is 16.8 Å². The van der Waals surface area contributed by atoms with E-state index < -0.39 is 57.3 Å². The minimum absolute atomic E-state index is 0.0161. The maximum absolute atomic E-state index is 13.7. The van der Waals surface area contributed by atoms with Gasteiger partial charge in [0.1, 0.15) is 5.82 Å². The van der Waals surface area contributed by atoms with Gasteiger partial charge in [-0.1, -0.05) is 26.0 Å². The third-order valence-electron chi connectivity index (χ3n) is 6.63. The van der Waals surface area contributed by atoms with Crippen molar-refractivity contribution in [3.8, 4) is 11.3 Å². The topological polar surface area (TPSA) is 236 Å². The molecular weight excluding hydrogens is 649 g/mol. The number of hydrogen-bond acceptors (Lipinski definition) is 16. The van der Waals surface area contributed by atoms with Crippen LogP contribution in [0.15, 0.2) is 30.3 Å². The smallest absolute Gasteiger partial charge is 0.308 e. The molecule has 0 fully saturated rings. The first-order valence-electron chi connectivity index (χ1n) is 14.4. The van der Waals surface area contributed by atoms with E-state index in [0.717, 1.165) is 10.6 Å². The zero-order valence-electron chi connectivity index (χ0n) is 26.4. The summed E-state index contributed by atoms with van der Waals surface area (Å²) in [6, 6.07) is 5.40. The molecule has 6 N–H and O–H groups in total. The predicted molar refractivity (Wildman–Crippen MR) is 162 cm³/mol. The Morgan fingerprint density at radius 1 is 1.02 bits per heavy atom. The first-order valence-corrected chi connectivity index (χ1v) is 16.3. The van der Waals surface area contributed by atoms with Crippen LogP contribution in [0.1, 0.15) is 63.1 Å². The van der Waals surface area contributed by atoms with Crippen molar-refractivity contribution < 1.29 is 63.1 Å². The zero-order valence-corrected chi connectivity index (χ0v) is 27.2. The number of nitrogens with zero attached hydrogens (tertiary/aromatic N) is 5. The molecule has 1 aromatic carbocycles. The lowest BCUT2D eigenvalue weighted by molar-refractivity contribution is -0.507. The number of hydrogen-bond donors (Lipinski definition) is 6. The van der Waals surface area contributed by atoms with Gasteiger partial charge in [0, 0.05) is 31.0 Å². The number of carbonyl (C=O) groups is 1. The number of aliphatic hydroxyl groups is 2. The van der Waals surface area contributed by atoms with Crippen molar-refractivity contribution in [2.75, 3.05) is 30.8 Å². The van der Waals surface area contributed by atoms with Gasteiger partial charge in [0.15, 0.2) is 0 Å². The first-order chi connectivity index (χ1) is 22.0. The number of rotatable bonds is 20. The number of sulfonamides is 1. The lowest BCUT2D eigenvalue weighted by Gasteiger charge is -2.20. The molecule has 0 amide bonds. The summed E-state index contributed by atoms with van der Waals surface area (Å²) >= 11 is 0. The van der Waals surface area contributed by atoms with Gasteiger partial charge in [-0.3, -0.25) is 30.5 Å². The molecule has 0 bridgehead atoms. The minimum Gasteiger partial charge on any atom is -0.465 e. The SMILES string of the molecule is CC(C)c1nc(N(C)S(C)(=O)=O)nc(-c2ccc(F)cc2)c1/C=C/C(O)CC(O)CC(=O)OCCC(CCCON(O)O)ON(O)O. The van der Waals surface area contributed by atoms with Gasteiger partial charge in [-0.15, -0.1) is 0 Å². The molecule has 0 spiro atoms. The molecule has 19 heteroatoms. The molecule has 0 aliphatic rings. The highest BCUT2D eigenvalue weighted by Gasteiger charge is 2.23. The second kappa shape index (κ2) is 19.0. The van der Waals surface area contributed by atoms with E-state index in [2.05, 4.69) is 14.8 Å². The molecule has 2 rings (SSSR count). The molecule has 0 aliphatic carbocycles. The van der Waals surface area contributed by atoms with Gasteiger partial charge in [0.25, 0.3) is 0 Å². The Labute approximate surface area is 271 Å². The van der Waals surface area contributed by atoms with E-state index in [4.69, 9.17) is 30.4 Å². The third kappa shape index (κ3) is 14.2. The number of aromatic nitrogens is 2. The van der Waals surface area contributed by atoms with E-state index in [1.165, 1.54) is 43.5 Å². The van der Waals surface area contributed by atoms with Gasteiger partial charge in [-0.25, -0.2) is 31.9 Å². The summed E-state index contributed by atoms with van der Waals surface area (Å²) in [4.78, 5) is 30.3. The summed E-state index contributed by atoms with van der Waals surface area (Å²) in [6.07, 6.45) is 0.158. The van der Waals surface area contributed by atoms with Crippen molar-refractivity contribution in [2.45, 2.75) is 70.2 Å². The monoisotopic (exact) mass is 691 g/mol. The van der Waals surface area contributed by atoms with Gasteiger partial charge < -0.3 is 14.9 Å². The lowest BCUT2D eigenvalue weighted by Crippen LogP contribution is -2.27. The lowest BCUT2D eigenvalue weighted by atomic mass is 9.97. The standard InChI is InChI=1S/C28H42FN5O12S/c1-18(2)26-24(27(19-7-9-20(29)10-8-19)31-28(30-26)32(3)47(4,42)43)12-11-21(35)16-22(36)17-25(37)44-15-13-23(46-34(40)41)6-5-14-45-33(38)39/h7-12,18,21-23,35-36,38-41H,5-6,13-17H2,1-4H3/b12-11+. The fraction of sp³-hybridized carbons (Fsp3) is 0.536. The molecule has 264 valence electrons. The van der Waals surface area contributed by atoms with Gasteiger partial charge in [-0.2, -0.15) is 0 Å². The van der Waals surface area contributed by atoms with Crippen LogP contribution in [0.5, 0.6) is 0 Å². The second-order valence-corrected chi connectivity index (χ2v) is 12.8. The molecule has 0 radical (unpaired) electrons. The summed E-state index contributed by atoms with van der Waals surface area (Å²) < 4.78 is 44.2. The summed E-state index contributed by atoms with van der Waals surface area (Å²) in [5.41, 5.74) is 1.62. The summed E-state index contributed by atoms with van der Waals surface area (Å²) in [6.45, 7) is 3.32. The Morgan fingerprint density at radius 2 is 1.68 bits per heavy atom. The molecule has 1 heterocycles. The normalized spacial score (nSPS) is 14.3. The van der Waals surface area contributed by atoms with Crippen LogP contribution in [-0.4, -0.2) is 111 Å². The minimum atomic E-state index is -3.71. The molecule has 2 aromatic rings. The highest BCUT2D eigenvalue weighted by Crippen LogP contribution is 2.31. The van der Waals surface area contributed by atoms with Gasteiger partial charge in [0.05, 0.1) is 66.4 Å². The Morgan fingerprint density at radius 3 is 2.26 bits per heavy atom. The van der Waals surface area contributed by atoms with Crippen molar-refractivity contribution in [3.63, 3.8) is 0 Å². The van der Waals surface area contributed by atoms with E-state index in [1.54, 1.807) is 0 Å². The maximum atomic E-state index is 13.7. The molecule has 0 aliphatic heterocycles. The third-order valence-corrected chi connectivity index (χ3v) is 7.79. The Bertz CT molecular complexity index is 1410. The Hall–Kier alpha value is -3.21. The summed E-state index contributed by atoms with van der Waals surface area (Å²) in [5, 5.41) is 55.0. The fourth-order valence-corrected chi connectivity index (χ4v) is 4.62. The highest BCUT2D eigenvalue weighted by molar-refractivity contribution is 7.92. The van der Waals surface area contributed by atoms with Crippen LogP contribution >= 0.6 is 0 Å². The predicted octanol–water partition coefficient (Wildman–Crippen LogP) is 2.42. The quantitative estimate of drug-likeness (QED) is 0.0664. The van der Waals surface area contributed by atoms with Crippen LogP contribution in [0.3, 0.4) is 0 Å². The van der Waals surface area contributed by atoms with Crippen LogP contribution in [0.4, 0.5) is 10.3 Å². The van der Waals surface area contributed by atoms with Crippen molar-refractivity contribution in [1.82, 2.24) is 20.7 Å². The van der Waals surface area contributed by atoms with Crippen molar-refractivity contribution in [2.24, 2.45) is 0 Å². The van der Waals surface area contributed by atoms with Crippen LogP contribution in [0.25, 0.3) is 17.3 Å². The van der Waals surface area contributed by atoms with E-state index in [1.807, 2.05) is 13.8 Å². The van der Waals surface area contributed by atoms with Crippen molar-refractivity contribution in [3.05, 3.63) is 47.4 Å². The van der Waals surface area contributed by atoms with Crippen LogP contribution in [0.2, 0.25) is 0 Å². The first kappa shape index (κ1) is 40.0. The maximum Gasteiger partial charge on any atom is 0.308 e. The van der Waals surface area contributed by atoms with Crippen LogP contribution < -0.4 is 4.31 Å². The molecule has 17 nitrogen and oxygen atoms in total. The number of aliphatic hydroxyl groups excluding tert-OH is 2. The summed E-state index contributed by atoms with van der Waals surface area (Å²) in [5.74, 6) is -1.61. The Kier molecular flexibility index (Phi) is 16.1. The molecule has 0 saturated carbocycles. The van der Waals surface area contributed by atoms with Gasteiger partial charge in [-0.05, 0) is 43.0 Å². The van der Waals surface area contributed by atoms with Crippen LogP contribution in [-0.2, 0) is 29.2 Å². The average molecular weight is 692 g/mol. The molecule has 3 atom stereocenters. The number of anilines is 1. The van der Waals surface area contributed by atoms with Crippen molar-refractivity contribution in [1.29, 1.82) is 0 Å². The molecular formula is C28H42FN5O12S. The van der Waals surface area contributed by atoms with E-state index >= 15 is 0 Å².